The van der Waals surface area contributed by atoms with Crippen LogP contribution in [0.2, 0.25) is 0 Å². The Hall–Kier alpha value is -1.84. The number of aryl methyl sites for hydroxylation is 1. The third-order valence-electron chi connectivity index (χ3n) is 5.37. The van der Waals surface area contributed by atoms with Crippen molar-refractivity contribution >= 4 is 0 Å². The Balaban J connectivity index is 1.95. The van der Waals surface area contributed by atoms with E-state index in [-0.39, 0.29) is 5.92 Å². The van der Waals surface area contributed by atoms with Gasteiger partial charge in [-0.3, -0.25) is 0 Å². The first-order chi connectivity index (χ1) is 11.6. The van der Waals surface area contributed by atoms with Crippen molar-refractivity contribution in [2.45, 2.75) is 33.2 Å². The maximum absolute atomic E-state index is 11.0. The molecule has 3 nitrogen and oxygen atoms in total. The van der Waals surface area contributed by atoms with Gasteiger partial charge in [-0.25, -0.2) is 0 Å². The Morgan fingerprint density at radius 2 is 1.79 bits per heavy atom. The summed E-state index contributed by atoms with van der Waals surface area (Å²) in [6.07, 6.45) is 0. The zero-order valence-electron chi connectivity index (χ0n) is 14.9. The van der Waals surface area contributed by atoms with Gasteiger partial charge in [-0.1, -0.05) is 43.3 Å². The summed E-state index contributed by atoms with van der Waals surface area (Å²) in [5.74, 6) is 0.664. The minimum atomic E-state index is 0.184. The van der Waals surface area contributed by atoms with Crippen LogP contribution in [-0.4, -0.2) is 31.4 Å². The number of phenols is 1. The highest BCUT2D eigenvalue weighted by Gasteiger charge is 2.23. The molecule has 0 radical (unpaired) electrons. The molecule has 128 valence electrons. The van der Waals surface area contributed by atoms with Crippen LogP contribution in [0.15, 0.2) is 36.4 Å². The average Bonchev–Trinajstić information content (AvgIpc) is 2.63. The third kappa shape index (κ3) is 3.47. The van der Waals surface area contributed by atoms with Gasteiger partial charge in [0, 0.05) is 11.5 Å². The molecule has 1 fully saturated rings. The normalized spacial score (nSPS) is 17.0. The molecule has 24 heavy (non-hydrogen) atoms. The predicted octanol–water partition coefficient (Wildman–Crippen LogP) is 2.58. The second kappa shape index (κ2) is 7.37. The highest BCUT2D eigenvalue weighted by atomic mass is 16.5. The van der Waals surface area contributed by atoms with Crippen LogP contribution < -0.4 is 4.90 Å². The first kappa shape index (κ1) is 17.0. The summed E-state index contributed by atoms with van der Waals surface area (Å²) in [6, 6.07) is 12.6. The number of rotatable bonds is 4. The molecule has 3 rings (SSSR count). The largest absolute Gasteiger partial charge is 0.507 e. The van der Waals surface area contributed by atoms with Crippen LogP contribution in [-0.2, 0) is 11.3 Å². The molecule has 0 saturated carbocycles. The van der Waals surface area contributed by atoms with Gasteiger partial charge >= 0.3 is 0 Å². The van der Waals surface area contributed by atoms with Gasteiger partial charge in [-0.2, -0.15) is 0 Å². The molecule has 0 bridgehead atoms. The lowest BCUT2D eigenvalue weighted by Gasteiger charge is -2.26. The van der Waals surface area contributed by atoms with Gasteiger partial charge in [0.25, 0.3) is 0 Å². The number of morpholine rings is 1. The van der Waals surface area contributed by atoms with Crippen molar-refractivity contribution in [1.82, 2.24) is 0 Å². The Kier molecular flexibility index (Phi) is 5.22. The van der Waals surface area contributed by atoms with Gasteiger partial charge in [0.05, 0.1) is 18.8 Å². The maximum Gasteiger partial charge on any atom is 0.128 e. The zero-order valence-corrected chi connectivity index (χ0v) is 14.9. The van der Waals surface area contributed by atoms with Gasteiger partial charge in [-0.15, -0.1) is 0 Å². The molecule has 0 unspecified atom stereocenters. The molecule has 2 aromatic carbocycles. The summed E-state index contributed by atoms with van der Waals surface area (Å²) in [7, 11) is 0. The summed E-state index contributed by atoms with van der Waals surface area (Å²) in [5.41, 5.74) is 5.85. The average molecular weight is 326 g/mol. The van der Waals surface area contributed by atoms with E-state index in [1.807, 2.05) is 6.07 Å². The summed E-state index contributed by atoms with van der Waals surface area (Å²) >= 11 is 0. The SMILES string of the molecule is Cc1cc([C@H](C)c2ccccc2)c(O)c(C[NH+]2CCOCC2)c1C. The standard InChI is InChI=1S/C21H27NO2/c1-15-13-19(17(3)18-7-5-4-6-8-18)21(23)20(16(15)2)14-22-9-11-24-12-10-22/h4-8,13,17,23H,9-12,14H2,1-3H3/p+1/t17-/m1/s1. The molecule has 1 saturated heterocycles. The van der Waals surface area contributed by atoms with Crippen molar-refractivity contribution in [3.05, 3.63) is 64.2 Å². The summed E-state index contributed by atoms with van der Waals surface area (Å²) < 4.78 is 5.46. The number of phenolic OH excluding ortho intramolecular Hbond substituents is 1. The number of hydrogen-bond acceptors (Lipinski definition) is 2. The monoisotopic (exact) mass is 326 g/mol. The van der Waals surface area contributed by atoms with Crippen LogP contribution in [0.1, 0.15) is 40.7 Å². The quantitative estimate of drug-likeness (QED) is 0.905. The molecule has 2 N–H and O–H groups in total. The molecular formula is C21H28NO2+. The van der Waals surface area contributed by atoms with E-state index in [1.54, 1.807) is 0 Å². The number of benzene rings is 2. The first-order valence-corrected chi connectivity index (χ1v) is 8.86. The molecule has 1 aliphatic heterocycles. The van der Waals surface area contributed by atoms with Crippen LogP contribution in [0.3, 0.4) is 0 Å². The lowest BCUT2D eigenvalue weighted by Crippen LogP contribution is -3.12. The number of ether oxygens (including phenoxy) is 1. The Morgan fingerprint density at radius 3 is 2.46 bits per heavy atom. The highest BCUT2D eigenvalue weighted by molar-refractivity contribution is 5.52. The van der Waals surface area contributed by atoms with E-state index in [9.17, 15) is 5.11 Å². The zero-order chi connectivity index (χ0) is 17.1. The molecule has 0 spiro atoms. The fourth-order valence-corrected chi connectivity index (χ4v) is 3.55. The van der Waals surface area contributed by atoms with Crippen LogP contribution in [0.5, 0.6) is 5.75 Å². The van der Waals surface area contributed by atoms with E-state index in [1.165, 1.54) is 21.6 Å². The topological polar surface area (TPSA) is 33.9 Å². The third-order valence-corrected chi connectivity index (χ3v) is 5.37. The fraction of sp³-hybridized carbons (Fsp3) is 0.429. The van der Waals surface area contributed by atoms with Crippen molar-refractivity contribution < 1.29 is 14.7 Å². The van der Waals surface area contributed by atoms with E-state index in [0.29, 0.717) is 5.75 Å². The van der Waals surface area contributed by atoms with Crippen molar-refractivity contribution in [3.63, 3.8) is 0 Å². The second-order valence-corrected chi connectivity index (χ2v) is 6.91. The molecular weight excluding hydrogens is 298 g/mol. The van der Waals surface area contributed by atoms with Gasteiger partial charge in [-0.05, 0) is 30.5 Å². The second-order valence-electron chi connectivity index (χ2n) is 6.91. The lowest BCUT2D eigenvalue weighted by molar-refractivity contribution is -0.921. The van der Waals surface area contributed by atoms with Gasteiger partial charge in [0.1, 0.15) is 25.4 Å². The van der Waals surface area contributed by atoms with Crippen molar-refractivity contribution in [3.8, 4) is 5.75 Å². The predicted molar refractivity (Wildman–Crippen MR) is 96.8 cm³/mol. The highest BCUT2D eigenvalue weighted by Crippen LogP contribution is 2.36. The minimum absolute atomic E-state index is 0.184. The molecule has 1 heterocycles. The smallest absolute Gasteiger partial charge is 0.128 e. The van der Waals surface area contributed by atoms with Crippen LogP contribution in [0, 0.1) is 13.8 Å². The van der Waals surface area contributed by atoms with Crippen molar-refractivity contribution in [2.75, 3.05) is 26.3 Å². The minimum Gasteiger partial charge on any atom is -0.507 e. The Morgan fingerprint density at radius 1 is 1.12 bits per heavy atom. The van der Waals surface area contributed by atoms with Gasteiger partial charge in [0.2, 0.25) is 0 Å². The number of hydrogen-bond donors (Lipinski definition) is 2. The van der Waals surface area contributed by atoms with Crippen molar-refractivity contribution in [2.24, 2.45) is 0 Å². The van der Waals surface area contributed by atoms with E-state index in [2.05, 4.69) is 51.1 Å². The Bertz CT molecular complexity index is 691. The summed E-state index contributed by atoms with van der Waals surface area (Å²) in [5, 5.41) is 11.0. The fourth-order valence-electron chi connectivity index (χ4n) is 3.55. The molecule has 1 aliphatic rings. The van der Waals surface area contributed by atoms with Crippen LogP contribution in [0.25, 0.3) is 0 Å². The summed E-state index contributed by atoms with van der Waals surface area (Å²) in [6.45, 7) is 11.0. The Labute approximate surface area is 144 Å². The molecule has 0 amide bonds. The van der Waals surface area contributed by atoms with Crippen LogP contribution in [0.4, 0.5) is 0 Å². The van der Waals surface area contributed by atoms with Crippen molar-refractivity contribution in [1.29, 1.82) is 0 Å². The molecule has 1 atom stereocenters. The maximum atomic E-state index is 11.0. The number of aromatic hydroxyl groups is 1. The summed E-state index contributed by atoms with van der Waals surface area (Å²) in [4.78, 5) is 1.49. The van der Waals surface area contributed by atoms with E-state index < -0.39 is 0 Å². The van der Waals surface area contributed by atoms with E-state index in [4.69, 9.17) is 4.74 Å². The van der Waals surface area contributed by atoms with Gasteiger partial charge < -0.3 is 14.7 Å². The van der Waals surface area contributed by atoms with E-state index in [0.717, 1.165) is 44.0 Å². The van der Waals surface area contributed by atoms with E-state index >= 15 is 0 Å². The van der Waals surface area contributed by atoms with Crippen LogP contribution >= 0.6 is 0 Å². The lowest BCUT2D eigenvalue weighted by atomic mass is 9.87. The molecule has 2 aromatic rings. The molecule has 0 aliphatic carbocycles. The number of nitrogens with one attached hydrogen (secondary N) is 1. The number of quaternary nitrogens is 1. The molecule has 0 aromatic heterocycles. The first-order valence-electron chi connectivity index (χ1n) is 8.86. The molecule has 3 heteroatoms. The van der Waals surface area contributed by atoms with Gasteiger partial charge in [0.15, 0.2) is 0 Å².